The summed E-state index contributed by atoms with van der Waals surface area (Å²) in [5.74, 6) is 2.64. The van der Waals surface area contributed by atoms with Gasteiger partial charge in [0, 0.05) is 24.3 Å². The Kier molecular flexibility index (Phi) is 6.08. The molecule has 0 aromatic heterocycles. The molecule has 1 unspecified atom stereocenters. The fourth-order valence-corrected chi connectivity index (χ4v) is 8.14. The van der Waals surface area contributed by atoms with Gasteiger partial charge in [0.2, 0.25) is 0 Å². The first kappa shape index (κ1) is 22.3. The van der Waals surface area contributed by atoms with Gasteiger partial charge in [0.25, 0.3) is 0 Å². The lowest BCUT2D eigenvalue weighted by molar-refractivity contribution is -0.161. The molecule has 0 radical (unpaired) electrons. The molecule has 0 aliphatic heterocycles. The van der Waals surface area contributed by atoms with Crippen LogP contribution < -0.4 is 0 Å². The Morgan fingerprint density at radius 2 is 1.93 bits per heavy atom. The fraction of sp³-hybridized carbons (Fsp3) is 0.920. The van der Waals surface area contributed by atoms with E-state index >= 15 is 0 Å². The molecule has 0 saturated heterocycles. The largest absolute Gasteiger partial charge is 0.394 e. The molecule has 0 spiro atoms. The van der Waals surface area contributed by atoms with Crippen molar-refractivity contribution in [2.75, 3.05) is 27.2 Å². The Balaban J connectivity index is 1.56. The van der Waals surface area contributed by atoms with E-state index in [9.17, 15) is 9.90 Å². The maximum absolute atomic E-state index is 12.7. The van der Waals surface area contributed by atoms with Gasteiger partial charge >= 0.3 is 0 Å². The van der Waals surface area contributed by atoms with Gasteiger partial charge in [-0.3, -0.25) is 4.79 Å². The third-order valence-electron chi connectivity index (χ3n) is 9.72. The Morgan fingerprint density at radius 1 is 1.17 bits per heavy atom. The van der Waals surface area contributed by atoms with E-state index in [1.807, 2.05) is 14.1 Å². The lowest BCUT2D eigenvalue weighted by Gasteiger charge is -2.62. The van der Waals surface area contributed by atoms with E-state index in [4.69, 9.17) is 4.84 Å². The van der Waals surface area contributed by atoms with Crippen molar-refractivity contribution in [1.29, 1.82) is 0 Å². The first-order chi connectivity index (χ1) is 14.2. The average Bonchev–Trinajstić information content (AvgIpc) is 3.00. The first-order valence-electron chi connectivity index (χ1n) is 12.3. The van der Waals surface area contributed by atoms with Gasteiger partial charge in [-0.15, -0.1) is 0 Å². The topological polar surface area (TPSA) is 62.1 Å². The zero-order chi connectivity index (χ0) is 21.7. The number of rotatable bonds is 5. The van der Waals surface area contributed by atoms with Crippen molar-refractivity contribution in [1.82, 2.24) is 4.90 Å². The van der Waals surface area contributed by atoms with Gasteiger partial charge in [0.05, 0.1) is 11.8 Å². The molecule has 5 heteroatoms. The highest BCUT2D eigenvalue weighted by Crippen LogP contribution is 2.66. The smallest absolute Gasteiger partial charge is 0.139 e. The highest BCUT2D eigenvalue weighted by Gasteiger charge is 2.63. The van der Waals surface area contributed by atoms with Crippen LogP contribution in [0.25, 0.3) is 0 Å². The van der Waals surface area contributed by atoms with E-state index in [-0.39, 0.29) is 22.9 Å². The third kappa shape index (κ3) is 3.44. The molecule has 0 bridgehead atoms. The lowest BCUT2D eigenvalue weighted by Crippen LogP contribution is -2.60. The van der Waals surface area contributed by atoms with Gasteiger partial charge in [-0.25, -0.2) is 0 Å². The molecule has 0 heterocycles. The quantitative estimate of drug-likeness (QED) is 0.538. The highest BCUT2D eigenvalue weighted by atomic mass is 16.6. The van der Waals surface area contributed by atoms with Crippen molar-refractivity contribution in [2.24, 2.45) is 45.6 Å². The maximum Gasteiger partial charge on any atom is 0.139 e. The summed E-state index contributed by atoms with van der Waals surface area (Å²) < 4.78 is 0. The van der Waals surface area contributed by atoms with Crippen molar-refractivity contribution in [3.63, 3.8) is 0 Å². The van der Waals surface area contributed by atoms with Crippen LogP contribution in [0.5, 0.6) is 0 Å². The lowest BCUT2D eigenvalue weighted by atomic mass is 9.43. The number of hydrogen-bond acceptors (Lipinski definition) is 5. The number of aliphatic hydroxyl groups is 1. The Hall–Kier alpha value is -0.940. The van der Waals surface area contributed by atoms with E-state index < -0.39 is 0 Å². The van der Waals surface area contributed by atoms with Crippen LogP contribution in [-0.4, -0.2) is 54.9 Å². The third-order valence-corrected chi connectivity index (χ3v) is 9.72. The number of oxime groups is 1. The Labute approximate surface area is 182 Å². The summed E-state index contributed by atoms with van der Waals surface area (Å²) in [5, 5.41) is 16.0. The standard InChI is InChI=1S/C25H42N2O3/c1-6-16-20(26-30-14-13-27(4)5)10-12-25(3)19-9-11-24(2)18(7-8-22(24)29)17(19)15-21(28)23(16)25/h16-19,21,23,28H,6-15H2,1-5H3/b26-20+/t16-,17-,18-,19-,21-,23?,24-,25+/m0/s1. The van der Waals surface area contributed by atoms with E-state index in [0.717, 1.165) is 63.6 Å². The highest BCUT2D eigenvalue weighted by molar-refractivity contribution is 5.88. The molecule has 4 rings (SSSR count). The van der Waals surface area contributed by atoms with Crippen molar-refractivity contribution in [3.8, 4) is 0 Å². The van der Waals surface area contributed by atoms with Crippen LogP contribution in [0.2, 0.25) is 0 Å². The van der Waals surface area contributed by atoms with Gasteiger partial charge in [0.15, 0.2) is 0 Å². The molecule has 1 N–H and O–H groups in total. The molecule has 4 aliphatic rings. The molecule has 4 fully saturated rings. The number of carbonyl (C=O) groups is 1. The van der Waals surface area contributed by atoms with Gasteiger partial charge in [-0.05, 0) is 88.1 Å². The molecule has 5 nitrogen and oxygen atoms in total. The number of ketones is 1. The SMILES string of the molecule is CC[C@H]1/C(=N/OCCN(C)C)CC[C@@]2(C)C1[C@@H](O)C[C@@H]1[C@@H]2CC[C@]2(C)C(=O)CC[C@@H]12. The number of carbonyl (C=O) groups excluding carboxylic acids is 1. The van der Waals surface area contributed by atoms with Crippen LogP contribution in [0.1, 0.15) is 72.1 Å². The van der Waals surface area contributed by atoms with Crippen LogP contribution in [-0.2, 0) is 9.63 Å². The molecule has 0 aromatic rings. The minimum atomic E-state index is -0.300. The molecule has 30 heavy (non-hydrogen) atoms. The summed E-state index contributed by atoms with van der Waals surface area (Å²) in [7, 11) is 4.08. The predicted molar refractivity (Wildman–Crippen MR) is 119 cm³/mol. The summed E-state index contributed by atoms with van der Waals surface area (Å²) in [5.41, 5.74) is 1.17. The minimum Gasteiger partial charge on any atom is -0.394 e. The monoisotopic (exact) mass is 418 g/mol. The number of Topliss-reactive ketones (excluding diaryl/α,β-unsaturated/α-hetero) is 1. The number of nitrogens with zero attached hydrogens (tertiary/aromatic N) is 2. The molecule has 8 atom stereocenters. The Morgan fingerprint density at radius 3 is 2.63 bits per heavy atom. The first-order valence-corrected chi connectivity index (χ1v) is 12.3. The molecule has 0 aromatic carbocycles. The van der Waals surface area contributed by atoms with Gasteiger partial charge in [-0.2, -0.15) is 0 Å². The molecular formula is C25H42N2O3. The minimum absolute atomic E-state index is 0.129. The number of likely N-dealkylation sites (N-methyl/N-ethyl adjacent to an activating group) is 1. The second kappa shape index (κ2) is 8.20. The number of aliphatic hydroxyl groups excluding tert-OH is 1. The van der Waals surface area contributed by atoms with E-state index in [2.05, 4.69) is 30.8 Å². The Bertz CT molecular complexity index is 692. The predicted octanol–water partition coefficient (Wildman–Crippen LogP) is 4.14. The number of hydrogen-bond donors (Lipinski definition) is 1. The van der Waals surface area contributed by atoms with Crippen LogP contribution in [0, 0.1) is 40.4 Å². The van der Waals surface area contributed by atoms with Crippen molar-refractivity contribution in [2.45, 2.75) is 78.2 Å². The summed E-state index contributed by atoms with van der Waals surface area (Å²) in [6, 6.07) is 0. The summed E-state index contributed by atoms with van der Waals surface area (Å²) in [6.45, 7) is 8.37. The van der Waals surface area contributed by atoms with Gasteiger partial charge in [-0.1, -0.05) is 25.9 Å². The van der Waals surface area contributed by atoms with Crippen LogP contribution in [0.15, 0.2) is 5.16 Å². The summed E-state index contributed by atoms with van der Waals surface area (Å²) in [4.78, 5) is 20.4. The maximum atomic E-state index is 12.7. The van der Waals surface area contributed by atoms with E-state index in [0.29, 0.717) is 36.1 Å². The van der Waals surface area contributed by atoms with E-state index in [1.165, 1.54) is 0 Å². The zero-order valence-electron chi connectivity index (χ0n) is 19.7. The summed E-state index contributed by atoms with van der Waals surface area (Å²) >= 11 is 0. The van der Waals surface area contributed by atoms with Crippen molar-refractivity contribution in [3.05, 3.63) is 0 Å². The van der Waals surface area contributed by atoms with E-state index in [1.54, 1.807) is 0 Å². The fourth-order valence-electron chi connectivity index (χ4n) is 8.14. The van der Waals surface area contributed by atoms with Crippen LogP contribution in [0.3, 0.4) is 0 Å². The second-order valence-corrected chi connectivity index (χ2v) is 11.4. The molecule has 170 valence electrons. The normalized spacial score (nSPS) is 47.2. The molecule has 4 aliphatic carbocycles. The second-order valence-electron chi connectivity index (χ2n) is 11.4. The number of fused-ring (bicyclic) bond motifs is 5. The van der Waals surface area contributed by atoms with Crippen LogP contribution in [0.4, 0.5) is 0 Å². The average molecular weight is 419 g/mol. The van der Waals surface area contributed by atoms with Gasteiger partial charge < -0.3 is 14.8 Å². The summed E-state index contributed by atoms with van der Waals surface area (Å²) in [6.07, 6.45) is 7.60. The molecule has 0 amide bonds. The van der Waals surface area contributed by atoms with Crippen molar-refractivity contribution >= 4 is 11.5 Å². The van der Waals surface area contributed by atoms with Gasteiger partial charge in [0.1, 0.15) is 12.4 Å². The zero-order valence-corrected chi connectivity index (χ0v) is 19.7. The molecular weight excluding hydrogens is 376 g/mol. The van der Waals surface area contributed by atoms with Crippen LogP contribution >= 0.6 is 0 Å². The van der Waals surface area contributed by atoms with Crippen molar-refractivity contribution < 1.29 is 14.7 Å². The molecule has 4 saturated carbocycles.